The van der Waals surface area contributed by atoms with Crippen molar-refractivity contribution in [1.29, 1.82) is 0 Å². The highest BCUT2D eigenvalue weighted by Crippen LogP contribution is 2.27. The van der Waals surface area contributed by atoms with E-state index in [9.17, 15) is 9.59 Å². The highest BCUT2D eigenvalue weighted by Gasteiger charge is 2.10. The summed E-state index contributed by atoms with van der Waals surface area (Å²) in [6, 6.07) is 19.1. The van der Waals surface area contributed by atoms with E-state index in [4.69, 9.17) is 0 Å². The van der Waals surface area contributed by atoms with Crippen molar-refractivity contribution in [2.75, 3.05) is 11.1 Å². The van der Waals surface area contributed by atoms with E-state index in [1.54, 1.807) is 0 Å². The first-order chi connectivity index (χ1) is 13.2. The molecule has 0 radical (unpaired) electrons. The number of rotatable bonds is 7. The first kappa shape index (κ1) is 18.9. The summed E-state index contributed by atoms with van der Waals surface area (Å²) in [5, 5.41) is 3.42. The molecular weight excluding hydrogens is 358 g/mol. The third-order valence-electron chi connectivity index (χ3n) is 3.91. The molecule has 0 aliphatic heterocycles. The summed E-state index contributed by atoms with van der Waals surface area (Å²) in [6.07, 6.45) is 1.66. The fraction of sp³-hybridized carbons (Fsp3) is 0.190. The maximum atomic E-state index is 12.4. The van der Waals surface area contributed by atoms with E-state index in [0.717, 1.165) is 35.3 Å². The molecule has 0 fully saturated rings. The second-order valence-electron chi connectivity index (χ2n) is 6.04. The smallest absolute Gasteiger partial charge is 0.251 e. The molecule has 1 amide bonds. The zero-order chi connectivity index (χ0) is 19.1. The van der Waals surface area contributed by atoms with Gasteiger partial charge in [0.05, 0.1) is 5.75 Å². The lowest BCUT2D eigenvalue weighted by Gasteiger charge is -2.11. The van der Waals surface area contributed by atoms with E-state index < -0.39 is 0 Å². The average Bonchev–Trinajstić information content (AvgIpc) is 2.67. The van der Waals surface area contributed by atoms with Crippen LogP contribution >= 0.6 is 11.8 Å². The molecule has 6 heteroatoms. The number of carbonyl (C=O) groups is 1. The van der Waals surface area contributed by atoms with Gasteiger partial charge in [-0.15, -0.1) is 0 Å². The Kier molecular flexibility index (Phi) is 6.44. The van der Waals surface area contributed by atoms with E-state index >= 15 is 0 Å². The van der Waals surface area contributed by atoms with Gasteiger partial charge >= 0.3 is 0 Å². The predicted octanol–water partition coefficient (Wildman–Crippen LogP) is 4.12. The van der Waals surface area contributed by atoms with Crippen LogP contribution in [0.2, 0.25) is 0 Å². The van der Waals surface area contributed by atoms with Crippen LogP contribution in [0.25, 0.3) is 11.1 Å². The molecule has 0 saturated carbocycles. The van der Waals surface area contributed by atoms with Crippen LogP contribution in [0.4, 0.5) is 5.69 Å². The number of aromatic amines is 1. The molecule has 138 valence electrons. The van der Waals surface area contributed by atoms with Crippen LogP contribution in [-0.2, 0) is 11.2 Å². The molecule has 0 aliphatic rings. The van der Waals surface area contributed by atoms with Crippen LogP contribution in [0.15, 0.2) is 70.6 Å². The van der Waals surface area contributed by atoms with Crippen LogP contribution in [0.3, 0.4) is 0 Å². The normalized spacial score (nSPS) is 10.6. The molecule has 27 heavy (non-hydrogen) atoms. The highest BCUT2D eigenvalue weighted by atomic mass is 32.2. The minimum Gasteiger partial charge on any atom is -0.325 e. The van der Waals surface area contributed by atoms with Gasteiger partial charge in [-0.25, -0.2) is 4.98 Å². The first-order valence-electron chi connectivity index (χ1n) is 8.83. The van der Waals surface area contributed by atoms with Crippen molar-refractivity contribution in [3.8, 4) is 11.1 Å². The minimum atomic E-state index is -0.189. The van der Waals surface area contributed by atoms with Crippen molar-refractivity contribution in [3.63, 3.8) is 0 Å². The SMILES string of the molecule is CCCc1cc(=O)[nH]c(SCC(=O)Nc2ccccc2-c2ccccc2)n1. The third kappa shape index (κ3) is 5.31. The van der Waals surface area contributed by atoms with Crippen molar-refractivity contribution < 1.29 is 4.79 Å². The zero-order valence-electron chi connectivity index (χ0n) is 15.1. The van der Waals surface area contributed by atoms with Gasteiger partial charge in [0.15, 0.2) is 5.16 Å². The number of aromatic nitrogens is 2. The fourth-order valence-corrected chi connectivity index (χ4v) is 3.41. The standard InChI is InChI=1S/C21H21N3O2S/c1-2-8-16-13-19(25)24-21(22-16)27-14-20(26)23-18-12-7-6-11-17(18)15-9-4-3-5-10-15/h3-7,9-13H,2,8,14H2,1H3,(H,23,26)(H,22,24,25). The Morgan fingerprint density at radius 1 is 1.11 bits per heavy atom. The Morgan fingerprint density at radius 3 is 2.63 bits per heavy atom. The van der Waals surface area contributed by atoms with Crippen molar-refractivity contribution in [2.24, 2.45) is 0 Å². The molecule has 0 aliphatic carbocycles. The summed E-state index contributed by atoms with van der Waals surface area (Å²) in [7, 11) is 0. The molecule has 0 spiro atoms. The molecule has 5 nitrogen and oxygen atoms in total. The van der Waals surface area contributed by atoms with Crippen LogP contribution < -0.4 is 10.9 Å². The monoisotopic (exact) mass is 379 g/mol. The molecular formula is C21H21N3O2S. The van der Waals surface area contributed by atoms with Crippen LogP contribution in [0.1, 0.15) is 19.0 Å². The summed E-state index contributed by atoms with van der Waals surface area (Å²) in [6.45, 7) is 2.04. The van der Waals surface area contributed by atoms with E-state index in [1.165, 1.54) is 17.8 Å². The summed E-state index contributed by atoms with van der Waals surface area (Å²) < 4.78 is 0. The Labute approximate surface area is 162 Å². The van der Waals surface area contributed by atoms with Gasteiger partial charge in [0.1, 0.15) is 0 Å². The number of amides is 1. The molecule has 2 N–H and O–H groups in total. The van der Waals surface area contributed by atoms with Crippen molar-refractivity contribution in [2.45, 2.75) is 24.9 Å². The second kappa shape index (κ2) is 9.19. The molecule has 0 saturated heterocycles. The quantitative estimate of drug-likeness (QED) is 0.478. The molecule has 0 bridgehead atoms. The van der Waals surface area contributed by atoms with Gasteiger partial charge in [-0.1, -0.05) is 73.6 Å². The van der Waals surface area contributed by atoms with Gasteiger partial charge in [0, 0.05) is 23.0 Å². The largest absolute Gasteiger partial charge is 0.325 e. The number of hydrogen-bond donors (Lipinski definition) is 2. The number of H-pyrrole nitrogens is 1. The van der Waals surface area contributed by atoms with Gasteiger partial charge in [0.25, 0.3) is 5.56 Å². The Hall–Kier alpha value is -2.86. The number of nitrogens with one attached hydrogen (secondary N) is 2. The molecule has 2 aromatic carbocycles. The van der Waals surface area contributed by atoms with Gasteiger partial charge in [-0.3, -0.25) is 9.59 Å². The lowest BCUT2D eigenvalue weighted by Crippen LogP contribution is -2.16. The number of thioether (sulfide) groups is 1. The number of anilines is 1. The average molecular weight is 379 g/mol. The Morgan fingerprint density at radius 2 is 1.85 bits per heavy atom. The lowest BCUT2D eigenvalue weighted by molar-refractivity contribution is -0.113. The number of nitrogens with zero attached hydrogens (tertiary/aromatic N) is 1. The molecule has 0 unspecified atom stereocenters. The van der Waals surface area contributed by atoms with Gasteiger partial charge in [-0.2, -0.15) is 0 Å². The number of para-hydroxylation sites is 1. The van der Waals surface area contributed by atoms with E-state index in [-0.39, 0.29) is 17.2 Å². The summed E-state index contributed by atoms with van der Waals surface area (Å²) in [4.78, 5) is 31.2. The molecule has 1 aromatic heterocycles. The summed E-state index contributed by atoms with van der Waals surface area (Å²) in [5.41, 5.74) is 3.33. The first-order valence-corrected chi connectivity index (χ1v) is 9.81. The van der Waals surface area contributed by atoms with Crippen LogP contribution in [0, 0.1) is 0 Å². The van der Waals surface area contributed by atoms with Gasteiger partial charge in [0.2, 0.25) is 5.91 Å². The molecule has 1 heterocycles. The van der Waals surface area contributed by atoms with E-state index in [0.29, 0.717) is 5.16 Å². The van der Waals surface area contributed by atoms with Gasteiger partial charge in [-0.05, 0) is 18.1 Å². The topological polar surface area (TPSA) is 74.8 Å². The highest BCUT2D eigenvalue weighted by molar-refractivity contribution is 7.99. The molecule has 0 atom stereocenters. The predicted molar refractivity (Wildman–Crippen MR) is 110 cm³/mol. The number of carbonyl (C=O) groups excluding carboxylic acids is 1. The van der Waals surface area contributed by atoms with E-state index in [2.05, 4.69) is 15.3 Å². The van der Waals surface area contributed by atoms with Crippen molar-refractivity contribution in [1.82, 2.24) is 9.97 Å². The Balaban J connectivity index is 1.68. The van der Waals surface area contributed by atoms with Gasteiger partial charge < -0.3 is 10.3 Å². The van der Waals surface area contributed by atoms with Crippen LogP contribution in [-0.4, -0.2) is 21.6 Å². The Bertz CT molecular complexity index is 970. The minimum absolute atomic E-state index is 0.146. The van der Waals surface area contributed by atoms with Crippen LogP contribution in [0.5, 0.6) is 0 Å². The maximum Gasteiger partial charge on any atom is 0.251 e. The summed E-state index contributed by atoms with van der Waals surface area (Å²) >= 11 is 1.22. The molecule has 3 rings (SSSR count). The number of benzene rings is 2. The van der Waals surface area contributed by atoms with Crippen molar-refractivity contribution >= 4 is 23.4 Å². The summed E-state index contributed by atoms with van der Waals surface area (Å²) in [5.74, 6) is 0.0219. The third-order valence-corrected chi connectivity index (χ3v) is 4.78. The molecule has 3 aromatic rings. The number of aryl methyl sites for hydroxylation is 1. The fourth-order valence-electron chi connectivity index (χ4n) is 2.72. The second-order valence-corrected chi connectivity index (χ2v) is 7.00. The number of hydrogen-bond acceptors (Lipinski definition) is 4. The van der Waals surface area contributed by atoms with Crippen molar-refractivity contribution in [3.05, 3.63) is 76.7 Å². The van der Waals surface area contributed by atoms with E-state index in [1.807, 2.05) is 61.5 Å². The maximum absolute atomic E-state index is 12.4. The zero-order valence-corrected chi connectivity index (χ0v) is 15.9. The lowest BCUT2D eigenvalue weighted by atomic mass is 10.0.